The fraction of sp³-hybridized carbons (Fsp3) is 0.308. The first kappa shape index (κ1) is 15.8. The number of primary sulfonamides is 1. The van der Waals surface area contributed by atoms with E-state index in [1.54, 1.807) is 6.20 Å². The molecule has 0 bridgehead atoms. The number of aromatic nitrogens is 2. The highest BCUT2D eigenvalue weighted by Gasteiger charge is 2.11. The highest BCUT2D eigenvalue weighted by molar-refractivity contribution is 7.89. The third kappa shape index (κ3) is 3.96. The van der Waals surface area contributed by atoms with Crippen LogP contribution in [0.15, 0.2) is 35.5 Å². The molecule has 0 atom stereocenters. The predicted octanol–water partition coefficient (Wildman–Crippen LogP) is 2.21. The summed E-state index contributed by atoms with van der Waals surface area (Å²) in [7, 11) is -3.75. The Balaban J connectivity index is 2.18. The summed E-state index contributed by atoms with van der Waals surface area (Å²) < 4.78 is 24.8. The van der Waals surface area contributed by atoms with Gasteiger partial charge in [0.15, 0.2) is 0 Å². The van der Waals surface area contributed by atoms with E-state index in [4.69, 9.17) is 16.7 Å². The number of nitrogens with two attached hydrogens (primary N) is 1. The van der Waals surface area contributed by atoms with E-state index in [0.717, 1.165) is 18.8 Å². The van der Waals surface area contributed by atoms with Crippen LogP contribution in [0.25, 0.3) is 0 Å². The molecule has 0 unspecified atom stereocenters. The maximum atomic E-state index is 11.4. The zero-order valence-electron chi connectivity index (χ0n) is 11.6. The molecule has 0 aliphatic carbocycles. The molecule has 0 saturated carbocycles. The first-order chi connectivity index (χ1) is 9.91. The Morgan fingerprint density at radius 3 is 2.86 bits per heavy atom. The van der Waals surface area contributed by atoms with Crippen molar-refractivity contribution in [1.82, 2.24) is 9.55 Å². The molecule has 3 N–H and O–H groups in total. The minimum Gasteiger partial charge on any atom is -0.377 e. The molecule has 6 nitrogen and oxygen atoms in total. The molecule has 21 heavy (non-hydrogen) atoms. The largest absolute Gasteiger partial charge is 0.377 e. The van der Waals surface area contributed by atoms with Gasteiger partial charge in [-0.25, -0.2) is 18.5 Å². The number of benzene rings is 1. The van der Waals surface area contributed by atoms with E-state index in [-0.39, 0.29) is 4.90 Å². The second-order valence-corrected chi connectivity index (χ2v) is 6.55. The summed E-state index contributed by atoms with van der Waals surface area (Å²) in [6.45, 7) is 3.41. The molecule has 1 aromatic carbocycles. The zero-order valence-corrected chi connectivity index (χ0v) is 13.2. The zero-order chi connectivity index (χ0) is 15.5. The maximum Gasteiger partial charge on any atom is 0.238 e. The first-order valence-corrected chi connectivity index (χ1v) is 8.40. The second-order valence-electron chi connectivity index (χ2n) is 4.58. The van der Waals surface area contributed by atoms with Gasteiger partial charge in [0, 0.05) is 18.9 Å². The van der Waals surface area contributed by atoms with Crippen LogP contribution in [-0.2, 0) is 23.1 Å². The van der Waals surface area contributed by atoms with E-state index in [1.807, 2.05) is 10.8 Å². The lowest BCUT2D eigenvalue weighted by Gasteiger charge is -2.11. The number of sulfonamides is 1. The van der Waals surface area contributed by atoms with Crippen LogP contribution < -0.4 is 10.5 Å². The van der Waals surface area contributed by atoms with Gasteiger partial charge >= 0.3 is 0 Å². The SMILES string of the molecule is CCCn1ccnc1CNc1cc(S(N)(=O)=O)ccc1Cl. The molecule has 0 aliphatic heterocycles. The summed E-state index contributed by atoms with van der Waals surface area (Å²) in [5.74, 6) is 0.855. The lowest BCUT2D eigenvalue weighted by Crippen LogP contribution is -2.13. The van der Waals surface area contributed by atoms with Crippen molar-refractivity contribution in [3.63, 3.8) is 0 Å². The van der Waals surface area contributed by atoms with Crippen LogP contribution in [0.1, 0.15) is 19.2 Å². The average Bonchev–Trinajstić information content (AvgIpc) is 2.84. The standard InChI is InChI=1S/C13H17ClN4O2S/c1-2-6-18-7-5-16-13(18)9-17-12-8-10(21(15,19)20)3-4-11(12)14/h3-5,7-8,17H,2,6,9H2,1H3,(H2,15,19,20). The molecule has 0 spiro atoms. The summed E-state index contributed by atoms with van der Waals surface area (Å²) in [6, 6.07) is 4.30. The van der Waals surface area contributed by atoms with E-state index in [1.165, 1.54) is 18.2 Å². The van der Waals surface area contributed by atoms with Gasteiger partial charge in [-0.05, 0) is 24.6 Å². The Morgan fingerprint density at radius 1 is 1.43 bits per heavy atom. The fourth-order valence-electron chi connectivity index (χ4n) is 1.94. The molecule has 0 fully saturated rings. The van der Waals surface area contributed by atoms with E-state index >= 15 is 0 Å². The number of aryl methyl sites for hydroxylation is 1. The fourth-order valence-corrected chi connectivity index (χ4v) is 2.67. The van der Waals surface area contributed by atoms with Crippen molar-refractivity contribution in [3.8, 4) is 0 Å². The predicted molar refractivity (Wildman–Crippen MR) is 82.7 cm³/mol. The van der Waals surface area contributed by atoms with Crippen LogP contribution >= 0.6 is 11.6 Å². The Bertz CT molecular complexity index is 728. The number of anilines is 1. The molecular weight excluding hydrogens is 312 g/mol. The summed E-state index contributed by atoms with van der Waals surface area (Å²) in [6.07, 6.45) is 4.64. The first-order valence-electron chi connectivity index (χ1n) is 6.48. The summed E-state index contributed by atoms with van der Waals surface area (Å²) >= 11 is 6.06. The summed E-state index contributed by atoms with van der Waals surface area (Å²) in [5.41, 5.74) is 0.509. The number of hydrogen-bond acceptors (Lipinski definition) is 4. The minimum absolute atomic E-state index is 0.0197. The lowest BCUT2D eigenvalue weighted by molar-refractivity contribution is 0.598. The normalized spacial score (nSPS) is 11.6. The Kier molecular flexibility index (Phi) is 4.87. The number of imidazole rings is 1. The Morgan fingerprint density at radius 2 is 2.19 bits per heavy atom. The maximum absolute atomic E-state index is 11.4. The van der Waals surface area contributed by atoms with E-state index in [0.29, 0.717) is 17.3 Å². The van der Waals surface area contributed by atoms with Crippen molar-refractivity contribution in [2.45, 2.75) is 31.3 Å². The van der Waals surface area contributed by atoms with E-state index in [9.17, 15) is 8.42 Å². The molecule has 2 aromatic rings. The molecule has 8 heteroatoms. The molecular formula is C13H17ClN4O2S. The van der Waals surface area contributed by atoms with E-state index in [2.05, 4.69) is 17.2 Å². The van der Waals surface area contributed by atoms with Crippen LogP contribution in [0, 0.1) is 0 Å². The molecule has 114 valence electrons. The van der Waals surface area contributed by atoms with Crippen LogP contribution in [0.2, 0.25) is 5.02 Å². The molecule has 1 heterocycles. The van der Waals surface area contributed by atoms with Crippen molar-refractivity contribution in [1.29, 1.82) is 0 Å². The van der Waals surface area contributed by atoms with Gasteiger partial charge in [-0.3, -0.25) is 0 Å². The Hall–Kier alpha value is -1.57. The average molecular weight is 329 g/mol. The number of halogens is 1. The van der Waals surface area contributed by atoms with Gasteiger partial charge in [-0.1, -0.05) is 18.5 Å². The monoisotopic (exact) mass is 328 g/mol. The summed E-state index contributed by atoms with van der Waals surface area (Å²) in [5, 5.41) is 8.63. The molecule has 1 aromatic heterocycles. The van der Waals surface area contributed by atoms with Gasteiger partial charge in [0.05, 0.1) is 22.2 Å². The number of nitrogens with zero attached hydrogens (tertiary/aromatic N) is 2. The van der Waals surface area contributed by atoms with Gasteiger partial charge < -0.3 is 9.88 Å². The van der Waals surface area contributed by atoms with Crippen molar-refractivity contribution in [2.75, 3.05) is 5.32 Å². The van der Waals surface area contributed by atoms with Gasteiger partial charge in [-0.15, -0.1) is 0 Å². The van der Waals surface area contributed by atoms with Crippen molar-refractivity contribution < 1.29 is 8.42 Å². The van der Waals surface area contributed by atoms with Crippen molar-refractivity contribution >= 4 is 27.3 Å². The van der Waals surface area contributed by atoms with Crippen LogP contribution in [0.4, 0.5) is 5.69 Å². The van der Waals surface area contributed by atoms with Gasteiger partial charge in [0.1, 0.15) is 5.82 Å². The third-order valence-electron chi connectivity index (χ3n) is 2.97. The quantitative estimate of drug-likeness (QED) is 0.850. The number of nitrogens with one attached hydrogen (secondary N) is 1. The number of hydrogen-bond donors (Lipinski definition) is 2. The third-order valence-corrected chi connectivity index (χ3v) is 4.21. The smallest absolute Gasteiger partial charge is 0.238 e. The van der Waals surface area contributed by atoms with Crippen LogP contribution in [-0.4, -0.2) is 18.0 Å². The molecule has 2 rings (SSSR count). The topological polar surface area (TPSA) is 90.0 Å². The van der Waals surface area contributed by atoms with E-state index < -0.39 is 10.0 Å². The van der Waals surface area contributed by atoms with Gasteiger partial charge in [0.25, 0.3) is 0 Å². The van der Waals surface area contributed by atoms with Crippen molar-refractivity contribution in [3.05, 3.63) is 41.4 Å². The molecule has 0 amide bonds. The van der Waals surface area contributed by atoms with Crippen LogP contribution in [0.3, 0.4) is 0 Å². The number of rotatable bonds is 6. The highest BCUT2D eigenvalue weighted by Crippen LogP contribution is 2.25. The molecule has 0 saturated heterocycles. The second kappa shape index (κ2) is 6.46. The molecule has 0 aliphatic rings. The van der Waals surface area contributed by atoms with Gasteiger partial charge in [0.2, 0.25) is 10.0 Å². The minimum atomic E-state index is -3.75. The highest BCUT2D eigenvalue weighted by atomic mass is 35.5. The van der Waals surface area contributed by atoms with Crippen LogP contribution in [0.5, 0.6) is 0 Å². The Labute approximate surface area is 129 Å². The molecule has 0 radical (unpaired) electrons. The lowest BCUT2D eigenvalue weighted by atomic mass is 10.3. The summed E-state index contributed by atoms with van der Waals surface area (Å²) in [4.78, 5) is 4.28. The van der Waals surface area contributed by atoms with Gasteiger partial charge in [-0.2, -0.15) is 0 Å². The van der Waals surface area contributed by atoms with Crippen molar-refractivity contribution in [2.24, 2.45) is 5.14 Å².